The molecule has 0 radical (unpaired) electrons. The van der Waals surface area contributed by atoms with Gasteiger partial charge in [-0.25, -0.2) is 4.39 Å². The average molecular weight is 414 g/mol. The quantitative estimate of drug-likeness (QED) is 0.519. The Morgan fingerprint density at radius 2 is 1.90 bits per heavy atom. The van der Waals surface area contributed by atoms with E-state index in [9.17, 15) is 9.18 Å². The minimum Gasteiger partial charge on any atom is -0.345 e. The summed E-state index contributed by atoms with van der Waals surface area (Å²) in [4.78, 5) is 15.2. The number of amides is 1. The minimum atomic E-state index is -0.216. The predicted molar refractivity (Wildman–Crippen MR) is 120 cm³/mol. The number of hydrogen-bond acceptors (Lipinski definition) is 2. The van der Waals surface area contributed by atoms with Gasteiger partial charge in [-0.05, 0) is 55.6 Å². The number of nitrogens with zero attached hydrogens (tertiary/aromatic N) is 2. The van der Waals surface area contributed by atoms with Crippen molar-refractivity contribution in [1.82, 2.24) is 14.8 Å². The van der Waals surface area contributed by atoms with Gasteiger partial charge in [-0.1, -0.05) is 51.2 Å². The molecule has 1 N–H and O–H groups in total. The van der Waals surface area contributed by atoms with E-state index in [-0.39, 0.29) is 11.7 Å². The summed E-state index contributed by atoms with van der Waals surface area (Å²) in [5.74, 6) is -0.0140. The molecule has 0 atom stereocenters. The topological polar surface area (TPSA) is 37.3 Å². The van der Waals surface area contributed by atoms with Crippen LogP contribution in [0, 0.1) is 5.82 Å². The normalized spacial score (nSPS) is 14.7. The number of hydrogen-bond donors (Lipinski definition) is 1. The van der Waals surface area contributed by atoms with Crippen LogP contribution in [0.4, 0.5) is 4.39 Å². The van der Waals surface area contributed by atoms with Crippen molar-refractivity contribution in [2.45, 2.75) is 77.4 Å². The van der Waals surface area contributed by atoms with E-state index in [4.69, 9.17) is 0 Å². The van der Waals surface area contributed by atoms with Crippen molar-refractivity contribution in [2.24, 2.45) is 0 Å². The molecular formula is C25H36FN3O. The van der Waals surface area contributed by atoms with Gasteiger partial charge in [-0.15, -0.1) is 0 Å². The van der Waals surface area contributed by atoms with Crippen LogP contribution in [0.3, 0.4) is 0 Å². The van der Waals surface area contributed by atoms with Crippen LogP contribution in [0.25, 0.3) is 0 Å². The second-order valence-electron chi connectivity index (χ2n) is 8.45. The van der Waals surface area contributed by atoms with Crippen molar-refractivity contribution in [3.05, 3.63) is 59.7 Å². The second-order valence-corrected chi connectivity index (χ2v) is 8.45. The van der Waals surface area contributed by atoms with Gasteiger partial charge in [-0.2, -0.15) is 0 Å². The van der Waals surface area contributed by atoms with Crippen LogP contribution >= 0.6 is 0 Å². The number of carbonyl (C=O) groups is 1. The van der Waals surface area contributed by atoms with Crippen LogP contribution in [0.1, 0.15) is 69.5 Å². The monoisotopic (exact) mass is 413 g/mol. The number of benzene rings is 1. The number of nitrogens with one attached hydrogen (secondary N) is 1. The van der Waals surface area contributed by atoms with Gasteiger partial charge in [-0.3, -0.25) is 4.79 Å². The highest BCUT2D eigenvalue weighted by atomic mass is 19.1. The molecule has 3 rings (SSSR count). The SMILES string of the molecule is CCCCCNCC(=O)N(Cc1cccn1Cc1ccc(F)cc1)C1CCCCC1. The first-order valence-corrected chi connectivity index (χ1v) is 11.6. The molecule has 1 aliphatic rings. The van der Waals surface area contributed by atoms with E-state index in [1.54, 1.807) is 0 Å². The molecule has 1 aliphatic carbocycles. The summed E-state index contributed by atoms with van der Waals surface area (Å²) in [5.41, 5.74) is 2.19. The molecular weight excluding hydrogens is 377 g/mol. The van der Waals surface area contributed by atoms with Crippen LogP contribution < -0.4 is 5.32 Å². The van der Waals surface area contributed by atoms with Gasteiger partial charge in [0.05, 0.1) is 13.1 Å². The van der Waals surface area contributed by atoms with E-state index in [2.05, 4.69) is 27.8 Å². The Hall–Kier alpha value is -2.14. The van der Waals surface area contributed by atoms with E-state index in [1.165, 1.54) is 44.2 Å². The van der Waals surface area contributed by atoms with Crippen molar-refractivity contribution in [3.63, 3.8) is 0 Å². The predicted octanol–water partition coefficient (Wildman–Crippen LogP) is 5.12. The van der Waals surface area contributed by atoms with E-state index < -0.39 is 0 Å². The second kappa shape index (κ2) is 11.9. The molecule has 1 amide bonds. The first-order chi connectivity index (χ1) is 14.7. The standard InChI is InChI=1S/C25H36FN3O/c1-2-3-7-16-27-18-25(30)29(23-9-5-4-6-10-23)20-24-11-8-17-28(24)19-21-12-14-22(26)15-13-21/h8,11-15,17,23,27H,2-7,9-10,16,18-20H2,1H3. The maximum atomic E-state index is 13.2. The molecule has 5 heteroatoms. The maximum absolute atomic E-state index is 13.2. The highest BCUT2D eigenvalue weighted by Crippen LogP contribution is 2.24. The van der Waals surface area contributed by atoms with Crippen LogP contribution in [-0.2, 0) is 17.9 Å². The lowest BCUT2D eigenvalue weighted by molar-refractivity contribution is -0.134. The summed E-state index contributed by atoms with van der Waals surface area (Å²) < 4.78 is 15.4. The summed E-state index contributed by atoms with van der Waals surface area (Å²) >= 11 is 0. The zero-order valence-electron chi connectivity index (χ0n) is 18.3. The van der Waals surface area contributed by atoms with E-state index in [1.807, 2.05) is 24.4 Å². The number of aromatic nitrogens is 1. The van der Waals surface area contributed by atoms with Gasteiger partial charge in [0.25, 0.3) is 0 Å². The van der Waals surface area contributed by atoms with Crippen molar-refractivity contribution in [3.8, 4) is 0 Å². The highest BCUT2D eigenvalue weighted by Gasteiger charge is 2.26. The van der Waals surface area contributed by atoms with Crippen molar-refractivity contribution in [2.75, 3.05) is 13.1 Å². The lowest BCUT2D eigenvalue weighted by Crippen LogP contribution is -2.45. The Bertz CT molecular complexity index is 765. The summed E-state index contributed by atoms with van der Waals surface area (Å²) in [7, 11) is 0. The molecule has 1 heterocycles. The average Bonchev–Trinajstić information content (AvgIpc) is 3.20. The number of unbranched alkanes of at least 4 members (excludes halogenated alkanes) is 2. The zero-order valence-corrected chi connectivity index (χ0v) is 18.3. The molecule has 0 unspecified atom stereocenters. The lowest BCUT2D eigenvalue weighted by Gasteiger charge is -2.35. The van der Waals surface area contributed by atoms with Gasteiger partial charge in [0, 0.05) is 24.5 Å². The fourth-order valence-corrected chi connectivity index (χ4v) is 4.32. The molecule has 4 nitrogen and oxygen atoms in total. The van der Waals surface area contributed by atoms with Gasteiger partial charge in [0.15, 0.2) is 0 Å². The summed E-state index contributed by atoms with van der Waals surface area (Å²) in [6.07, 6.45) is 11.4. The summed E-state index contributed by atoms with van der Waals surface area (Å²) in [6, 6.07) is 11.1. The molecule has 1 aromatic heterocycles. The number of carbonyl (C=O) groups excluding carboxylic acids is 1. The Morgan fingerprint density at radius 1 is 1.13 bits per heavy atom. The Kier molecular flexibility index (Phi) is 8.94. The molecule has 0 spiro atoms. The molecule has 2 aromatic rings. The molecule has 0 bridgehead atoms. The molecule has 0 saturated heterocycles. The Balaban J connectivity index is 1.66. The van der Waals surface area contributed by atoms with Crippen LogP contribution in [-0.4, -0.2) is 34.5 Å². The van der Waals surface area contributed by atoms with E-state index in [0.29, 0.717) is 25.7 Å². The molecule has 1 fully saturated rings. The van der Waals surface area contributed by atoms with Gasteiger partial charge < -0.3 is 14.8 Å². The van der Waals surface area contributed by atoms with Gasteiger partial charge in [0.1, 0.15) is 5.82 Å². The molecule has 0 aliphatic heterocycles. The van der Waals surface area contributed by atoms with Gasteiger partial charge in [0.2, 0.25) is 5.91 Å². The molecule has 1 saturated carbocycles. The molecule has 30 heavy (non-hydrogen) atoms. The fourth-order valence-electron chi connectivity index (χ4n) is 4.32. The maximum Gasteiger partial charge on any atom is 0.237 e. The third kappa shape index (κ3) is 6.69. The van der Waals surface area contributed by atoms with E-state index in [0.717, 1.165) is 37.1 Å². The fraction of sp³-hybridized carbons (Fsp3) is 0.560. The first-order valence-electron chi connectivity index (χ1n) is 11.6. The summed E-state index contributed by atoms with van der Waals surface area (Å²) in [6.45, 7) is 4.83. The molecule has 164 valence electrons. The first kappa shape index (κ1) is 22.5. The van der Waals surface area contributed by atoms with Crippen LogP contribution in [0.2, 0.25) is 0 Å². The third-order valence-electron chi connectivity index (χ3n) is 6.09. The molecule has 1 aromatic carbocycles. The third-order valence-corrected chi connectivity index (χ3v) is 6.09. The largest absolute Gasteiger partial charge is 0.345 e. The number of halogens is 1. The van der Waals surface area contributed by atoms with Crippen molar-refractivity contribution in [1.29, 1.82) is 0 Å². The Labute approximate surface area is 180 Å². The minimum absolute atomic E-state index is 0.202. The zero-order chi connectivity index (χ0) is 21.2. The van der Waals surface area contributed by atoms with Crippen LogP contribution in [0.15, 0.2) is 42.6 Å². The number of rotatable bonds is 11. The smallest absolute Gasteiger partial charge is 0.237 e. The van der Waals surface area contributed by atoms with Crippen LogP contribution in [0.5, 0.6) is 0 Å². The Morgan fingerprint density at radius 3 is 2.63 bits per heavy atom. The summed E-state index contributed by atoms with van der Waals surface area (Å²) in [5, 5.41) is 3.35. The van der Waals surface area contributed by atoms with Crippen molar-refractivity contribution >= 4 is 5.91 Å². The van der Waals surface area contributed by atoms with Gasteiger partial charge >= 0.3 is 0 Å². The lowest BCUT2D eigenvalue weighted by atomic mass is 9.94. The highest BCUT2D eigenvalue weighted by molar-refractivity contribution is 5.78. The van der Waals surface area contributed by atoms with Crippen molar-refractivity contribution < 1.29 is 9.18 Å². The van der Waals surface area contributed by atoms with E-state index >= 15 is 0 Å².